The number of anilines is 1. The topological polar surface area (TPSA) is 83.7 Å². The minimum absolute atomic E-state index is 0.0304. The first kappa shape index (κ1) is 17.8. The molecule has 0 radical (unpaired) electrons. The minimum Gasteiger partial charge on any atom is -0.454 e. The Morgan fingerprint density at radius 1 is 1.07 bits per heavy atom. The number of aromatic nitrogens is 1. The highest BCUT2D eigenvalue weighted by molar-refractivity contribution is 9.10. The lowest BCUT2D eigenvalue weighted by atomic mass is 9.73. The average molecular weight is 468 g/mol. The third kappa shape index (κ3) is 2.49. The molecule has 0 saturated carbocycles. The Balaban J connectivity index is 1.25. The molecule has 2 N–H and O–H groups in total. The fraction of sp³-hybridized carbons (Fsp3) is 0.273. The molecule has 8 heteroatoms. The van der Waals surface area contributed by atoms with Crippen molar-refractivity contribution in [1.29, 1.82) is 0 Å². The number of carbonyl (C=O) groups is 2. The van der Waals surface area contributed by atoms with Crippen LogP contribution in [-0.2, 0) is 10.2 Å². The van der Waals surface area contributed by atoms with Gasteiger partial charge >= 0.3 is 0 Å². The SMILES string of the molecule is O=C(c1cc2cc3c(cc2[nH]1)OCO3)N1CCC2(CC1)C(=O)Nc1ccc(Br)cc12. The van der Waals surface area contributed by atoms with Gasteiger partial charge in [0, 0.05) is 40.2 Å². The van der Waals surface area contributed by atoms with E-state index in [-0.39, 0.29) is 18.6 Å². The molecule has 2 aromatic carbocycles. The van der Waals surface area contributed by atoms with E-state index in [4.69, 9.17) is 9.47 Å². The number of carbonyl (C=O) groups excluding carboxylic acids is 2. The zero-order valence-corrected chi connectivity index (χ0v) is 17.5. The summed E-state index contributed by atoms with van der Waals surface area (Å²) in [5, 5.41) is 3.91. The first-order valence-electron chi connectivity index (χ1n) is 9.87. The first-order valence-corrected chi connectivity index (χ1v) is 10.7. The summed E-state index contributed by atoms with van der Waals surface area (Å²) >= 11 is 3.51. The number of hydrogen-bond donors (Lipinski definition) is 2. The number of benzene rings is 2. The van der Waals surface area contributed by atoms with Crippen molar-refractivity contribution in [3.8, 4) is 11.5 Å². The lowest BCUT2D eigenvalue weighted by Crippen LogP contribution is -2.48. The Morgan fingerprint density at radius 2 is 1.83 bits per heavy atom. The van der Waals surface area contributed by atoms with E-state index in [1.54, 1.807) is 0 Å². The summed E-state index contributed by atoms with van der Waals surface area (Å²) in [6.07, 6.45) is 1.20. The van der Waals surface area contributed by atoms with Gasteiger partial charge in [-0.2, -0.15) is 0 Å². The van der Waals surface area contributed by atoms with Gasteiger partial charge in [-0.15, -0.1) is 0 Å². The second-order valence-electron chi connectivity index (χ2n) is 7.99. The van der Waals surface area contributed by atoms with Crippen LogP contribution in [0.25, 0.3) is 10.9 Å². The monoisotopic (exact) mass is 467 g/mol. The molecule has 7 nitrogen and oxygen atoms in total. The summed E-state index contributed by atoms with van der Waals surface area (Å²) in [5.74, 6) is 1.34. The van der Waals surface area contributed by atoms with E-state index in [2.05, 4.69) is 26.2 Å². The van der Waals surface area contributed by atoms with Crippen LogP contribution < -0.4 is 14.8 Å². The molecule has 1 fully saturated rings. The number of fused-ring (bicyclic) bond motifs is 4. The smallest absolute Gasteiger partial charge is 0.270 e. The van der Waals surface area contributed by atoms with Gasteiger partial charge in [0.25, 0.3) is 5.91 Å². The number of aromatic amines is 1. The van der Waals surface area contributed by atoms with Crippen LogP contribution in [0, 0.1) is 0 Å². The fourth-order valence-corrected chi connectivity index (χ4v) is 5.14. The maximum Gasteiger partial charge on any atom is 0.270 e. The molecule has 1 saturated heterocycles. The number of piperidine rings is 1. The van der Waals surface area contributed by atoms with Crippen LogP contribution in [0.5, 0.6) is 11.5 Å². The molecule has 0 unspecified atom stereocenters. The predicted molar refractivity (Wildman–Crippen MR) is 114 cm³/mol. The Morgan fingerprint density at radius 3 is 2.63 bits per heavy atom. The van der Waals surface area contributed by atoms with Gasteiger partial charge in [-0.05, 0) is 48.7 Å². The highest BCUT2D eigenvalue weighted by atomic mass is 79.9. The number of nitrogens with zero attached hydrogens (tertiary/aromatic N) is 1. The highest BCUT2D eigenvalue weighted by Gasteiger charge is 2.49. The Kier molecular flexibility index (Phi) is 3.71. The van der Waals surface area contributed by atoms with Gasteiger partial charge in [-0.25, -0.2) is 0 Å². The lowest BCUT2D eigenvalue weighted by molar-refractivity contribution is -0.122. The molecule has 1 aromatic heterocycles. The summed E-state index contributed by atoms with van der Waals surface area (Å²) in [5.41, 5.74) is 2.70. The molecule has 0 bridgehead atoms. The van der Waals surface area contributed by atoms with Crippen molar-refractivity contribution in [3.63, 3.8) is 0 Å². The van der Waals surface area contributed by atoms with Crippen LogP contribution >= 0.6 is 15.9 Å². The Labute approximate surface area is 180 Å². The number of hydrogen-bond acceptors (Lipinski definition) is 4. The number of nitrogens with one attached hydrogen (secondary N) is 2. The van der Waals surface area contributed by atoms with Gasteiger partial charge in [0.05, 0.1) is 5.41 Å². The van der Waals surface area contributed by atoms with E-state index in [1.807, 2.05) is 41.3 Å². The second kappa shape index (κ2) is 6.25. The molecule has 3 aliphatic heterocycles. The van der Waals surface area contributed by atoms with Crippen molar-refractivity contribution >= 4 is 44.3 Å². The highest BCUT2D eigenvalue weighted by Crippen LogP contribution is 2.46. The maximum absolute atomic E-state index is 13.1. The van der Waals surface area contributed by atoms with Crippen molar-refractivity contribution in [2.24, 2.45) is 0 Å². The summed E-state index contributed by atoms with van der Waals surface area (Å²) < 4.78 is 11.8. The van der Waals surface area contributed by atoms with Gasteiger partial charge in [0.15, 0.2) is 11.5 Å². The van der Waals surface area contributed by atoms with E-state index in [0.29, 0.717) is 43.1 Å². The largest absolute Gasteiger partial charge is 0.454 e. The van der Waals surface area contributed by atoms with Crippen molar-refractivity contribution in [1.82, 2.24) is 9.88 Å². The fourth-order valence-electron chi connectivity index (χ4n) is 4.78. The van der Waals surface area contributed by atoms with E-state index in [9.17, 15) is 9.59 Å². The molecule has 1 spiro atoms. The number of ether oxygens (including phenoxy) is 2. The standard InChI is InChI=1S/C22H18BrN3O4/c23-13-1-2-15-14(9-13)22(21(28)25-15)3-5-26(6-4-22)20(27)17-7-12-8-18-19(30-11-29-18)10-16(12)24-17/h1-2,7-10,24H,3-6,11H2,(H,25,28). The average Bonchev–Trinajstić information content (AvgIpc) is 3.43. The minimum atomic E-state index is -0.564. The van der Waals surface area contributed by atoms with Crippen LogP contribution in [0.1, 0.15) is 28.9 Å². The first-order chi connectivity index (χ1) is 14.5. The molecule has 30 heavy (non-hydrogen) atoms. The van der Waals surface area contributed by atoms with Crippen LogP contribution in [0.3, 0.4) is 0 Å². The van der Waals surface area contributed by atoms with E-state index in [1.165, 1.54) is 0 Å². The lowest BCUT2D eigenvalue weighted by Gasteiger charge is -2.37. The third-order valence-electron chi connectivity index (χ3n) is 6.43. The Bertz CT molecular complexity index is 1190. The van der Waals surface area contributed by atoms with E-state index < -0.39 is 5.41 Å². The van der Waals surface area contributed by atoms with Gasteiger partial charge in [0.1, 0.15) is 5.69 Å². The molecule has 6 rings (SSSR count). The van der Waals surface area contributed by atoms with Gasteiger partial charge < -0.3 is 24.7 Å². The summed E-state index contributed by atoms with van der Waals surface area (Å²) in [6, 6.07) is 11.5. The zero-order chi connectivity index (χ0) is 20.5. The molecular weight excluding hydrogens is 450 g/mol. The van der Waals surface area contributed by atoms with Crippen LogP contribution in [-0.4, -0.2) is 41.6 Å². The molecule has 152 valence electrons. The number of H-pyrrole nitrogens is 1. The number of halogens is 1. The van der Waals surface area contributed by atoms with Crippen LogP contribution in [0.15, 0.2) is 40.9 Å². The van der Waals surface area contributed by atoms with Gasteiger partial charge in [0.2, 0.25) is 12.7 Å². The quantitative estimate of drug-likeness (QED) is 0.570. The van der Waals surface area contributed by atoms with Crippen molar-refractivity contribution in [2.45, 2.75) is 18.3 Å². The molecule has 3 aromatic rings. The number of amides is 2. The predicted octanol–water partition coefficient (Wildman–Crippen LogP) is 3.79. The maximum atomic E-state index is 13.1. The number of rotatable bonds is 1. The second-order valence-corrected chi connectivity index (χ2v) is 8.91. The van der Waals surface area contributed by atoms with Crippen molar-refractivity contribution < 1.29 is 19.1 Å². The molecular formula is C22H18BrN3O4. The van der Waals surface area contributed by atoms with E-state index in [0.717, 1.165) is 26.6 Å². The Hall–Kier alpha value is -3.00. The number of likely N-dealkylation sites (tertiary alicyclic amines) is 1. The third-order valence-corrected chi connectivity index (χ3v) is 6.92. The molecule has 0 aliphatic carbocycles. The molecule has 3 aliphatic rings. The van der Waals surface area contributed by atoms with Crippen molar-refractivity contribution in [3.05, 3.63) is 52.1 Å². The zero-order valence-electron chi connectivity index (χ0n) is 16.0. The van der Waals surface area contributed by atoms with Crippen LogP contribution in [0.2, 0.25) is 0 Å². The molecule has 0 atom stereocenters. The van der Waals surface area contributed by atoms with Crippen LogP contribution in [0.4, 0.5) is 5.69 Å². The normalized spacial score (nSPS) is 18.7. The van der Waals surface area contributed by atoms with E-state index >= 15 is 0 Å². The van der Waals surface area contributed by atoms with Gasteiger partial charge in [-0.1, -0.05) is 15.9 Å². The molecule has 4 heterocycles. The molecule has 2 amide bonds. The summed E-state index contributed by atoms with van der Waals surface area (Å²) in [6.45, 7) is 1.27. The van der Waals surface area contributed by atoms with Gasteiger partial charge in [-0.3, -0.25) is 9.59 Å². The summed E-state index contributed by atoms with van der Waals surface area (Å²) in [4.78, 5) is 31.0. The van der Waals surface area contributed by atoms with Crippen molar-refractivity contribution in [2.75, 3.05) is 25.2 Å². The summed E-state index contributed by atoms with van der Waals surface area (Å²) in [7, 11) is 0.